The first kappa shape index (κ1) is 16.6. The highest BCUT2D eigenvalue weighted by Crippen LogP contribution is 2.30. The number of nitrogens with zero attached hydrogens (tertiary/aromatic N) is 5. The molecule has 0 aliphatic heterocycles. The van der Waals surface area contributed by atoms with E-state index in [9.17, 15) is 4.79 Å². The van der Waals surface area contributed by atoms with E-state index < -0.39 is 5.25 Å². The number of aromatic amines is 1. The maximum atomic E-state index is 13.3. The van der Waals surface area contributed by atoms with Gasteiger partial charge in [-0.05, 0) is 24.3 Å². The summed E-state index contributed by atoms with van der Waals surface area (Å²) < 4.78 is 1.58. The lowest BCUT2D eigenvalue weighted by Crippen LogP contribution is -2.25. The van der Waals surface area contributed by atoms with Crippen LogP contribution in [0.5, 0.6) is 0 Å². The van der Waals surface area contributed by atoms with E-state index in [2.05, 4.69) is 19.9 Å². The fourth-order valence-corrected chi connectivity index (χ4v) is 3.63. The van der Waals surface area contributed by atoms with Gasteiger partial charge in [0.05, 0.1) is 28.6 Å². The molecule has 0 saturated heterocycles. The summed E-state index contributed by atoms with van der Waals surface area (Å²) in [6, 6.07) is 16.7. The van der Waals surface area contributed by atoms with Crippen LogP contribution in [0.2, 0.25) is 0 Å². The summed E-state index contributed by atoms with van der Waals surface area (Å²) in [5.41, 5.74) is 2.97. The van der Waals surface area contributed by atoms with E-state index in [0.29, 0.717) is 39.3 Å². The number of imidazole rings is 1. The molecule has 1 N–H and O–H groups in total. The van der Waals surface area contributed by atoms with Crippen LogP contribution < -0.4 is 5.56 Å². The predicted octanol–water partition coefficient (Wildman–Crippen LogP) is 3.07. The van der Waals surface area contributed by atoms with Crippen molar-refractivity contribution in [3.8, 4) is 5.69 Å². The molecule has 2 aromatic carbocycles. The zero-order chi connectivity index (χ0) is 19.1. The molecule has 1 atom stereocenters. The maximum absolute atomic E-state index is 13.3. The average molecular weight is 386 g/mol. The van der Waals surface area contributed by atoms with E-state index in [-0.39, 0.29) is 5.56 Å². The van der Waals surface area contributed by atoms with Crippen LogP contribution in [0.25, 0.3) is 27.8 Å². The van der Waals surface area contributed by atoms with Crippen LogP contribution in [0, 0.1) is 0 Å². The lowest BCUT2D eigenvalue weighted by molar-refractivity contribution is 0.829. The first-order valence-corrected chi connectivity index (χ1v) is 9.15. The molecule has 0 aliphatic rings. The van der Waals surface area contributed by atoms with Crippen molar-refractivity contribution in [2.45, 2.75) is 5.25 Å². The Bertz CT molecular complexity index is 1360. The number of hydrogen-bond acceptors (Lipinski definition) is 6. The van der Waals surface area contributed by atoms with Gasteiger partial charge >= 0.3 is 0 Å². The zero-order valence-electron chi connectivity index (χ0n) is 14.5. The van der Waals surface area contributed by atoms with Crippen molar-refractivity contribution in [1.29, 1.82) is 0 Å². The first-order valence-electron chi connectivity index (χ1n) is 8.63. The van der Waals surface area contributed by atoms with Gasteiger partial charge < -0.3 is 4.98 Å². The monoisotopic (exact) mass is 386 g/mol. The highest BCUT2D eigenvalue weighted by Gasteiger charge is 2.23. The van der Waals surface area contributed by atoms with Crippen molar-refractivity contribution >= 4 is 34.7 Å². The van der Waals surface area contributed by atoms with Gasteiger partial charge in [0, 0.05) is 0 Å². The number of hydrogen-bond donors (Lipinski definition) is 2. The van der Waals surface area contributed by atoms with Gasteiger partial charge in [0.2, 0.25) is 0 Å². The summed E-state index contributed by atoms with van der Waals surface area (Å²) in [5, 5.41) is -0.0328. The number of nitrogens with one attached hydrogen (secondary N) is 1. The van der Waals surface area contributed by atoms with Crippen molar-refractivity contribution in [2.75, 3.05) is 0 Å². The van der Waals surface area contributed by atoms with Crippen LogP contribution >= 0.6 is 12.6 Å². The summed E-state index contributed by atoms with van der Waals surface area (Å²) in [5.74, 6) is 0.473. The molecule has 136 valence electrons. The van der Waals surface area contributed by atoms with Crippen molar-refractivity contribution in [2.24, 2.45) is 0 Å². The minimum atomic E-state index is -0.577. The number of aromatic nitrogens is 6. The molecule has 0 saturated carbocycles. The third-order valence-electron chi connectivity index (χ3n) is 4.57. The Balaban J connectivity index is 1.83. The van der Waals surface area contributed by atoms with Crippen molar-refractivity contribution in [3.05, 3.63) is 89.1 Å². The quantitative estimate of drug-likeness (QED) is 0.465. The second-order valence-corrected chi connectivity index (χ2v) is 6.74. The van der Waals surface area contributed by atoms with Crippen LogP contribution in [-0.2, 0) is 0 Å². The minimum absolute atomic E-state index is 0.154. The Morgan fingerprint density at radius 2 is 1.75 bits per heavy atom. The van der Waals surface area contributed by atoms with E-state index in [4.69, 9.17) is 17.6 Å². The van der Waals surface area contributed by atoms with Crippen molar-refractivity contribution in [3.63, 3.8) is 0 Å². The van der Waals surface area contributed by atoms with Crippen LogP contribution in [0.4, 0.5) is 0 Å². The molecule has 3 heterocycles. The van der Waals surface area contributed by atoms with Crippen LogP contribution in [0.1, 0.15) is 16.8 Å². The van der Waals surface area contributed by atoms with Gasteiger partial charge in [-0.3, -0.25) is 9.36 Å². The Morgan fingerprint density at radius 3 is 2.61 bits per heavy atom. The Hall–Kier alpha value is -3.52. The average Bonchev–Trinajstić information content (AvgIpc) is 3.23. The van der Waals surface area contributed by atoms with Gasteiger partial charge in [0.1, 0.15) is 22.9 Å². The summed E-state index contributed by atoms with van der Waals surface area (Å²) in [6.45, 7) is 0. The summed E-state index contributed by atoms with van der Waals surface area (Å²) >= 11 is 4.79. The molecule has 7 nitrogen and oxygen atoms in total. The van der Waals surface area contributed by atoms with Crippen molar-refractivity contribution in [1.82, 2.24) is 29.5 Å². The Kier molecular flexibility index (Phi) is 3.91. The summed E-state index contributed by atoms with van der Waals surface area (Å²) in [6.07, 6.45) is 3.01. The molecule has 28 heavy (non-hydrogen) atoms. The molecule has 8 heteroatoms. The van der Waals surface area contributed by atoms with Crippen LogP contribution in [-0.4, -0.2) is 29.5 Å². The molecule has 0 bridgehead atoms. The van der Waals surface area contributed by atoms with Gasteiger partial charge in [0.25, 0.3) is 5.56 Å². The molecule has 0 spiro atoms. The summed E-state index contributed by atoms with van der Waals surface area (Å²) in [7, 11) is 0. The van der Waals surface area contributed by atoms with Gasteiger partial charge in [-0.1, -0.05) is 30.3 Å². The molecule has 0 amide bonds. The second kappa shape index (κ2) is 6.58. The first-order chi connectivity index (χ1) is 13.7. The molecule has 5 rings (SSSR count). The molecule has 0 radical (unpaired) electrons. The van der Waals surface area contributed by atoms with E-state index in [1.54, 1.807) is 17.0 Å². The number of para-hydroxylation sites is 2. The Labute approximate surface area is 164 Å². The topological polar surface area (TPSA) is 89.3 Å². The molecule has 5 aromatic rings. The van der Waals surface area contributed by atoms with E-state index in [1.807, 2.05) is 48.5 Å². The highest BCUT2D eigenvalue weighted by molar-refractivity contribution is 7.80. The molecule has 0 aliphatic carbocycles. The second-order valence-electron chi connectivity index (χ2n) is 6.22. The zero-order valence-corrected chi connectivity index (χ0v) is 15.4. The van der Waals surface area contributed by atoms with E-state index in [0.717, 1.165) is 0 Å². The lowest BCUT2D eigenvalue weighted by Gasteiger charge is -2.18. The fourth-order valence-electron chi connectivity index (χ4n) is 3.27. The predicted molar refractivity (Wildman–Crippen MR) is 110 cm³/mol. The van der Waals surface area contributed by atoms with Crippen molar-refractivity contribution < 1.29 is 0 Å². The number of rotatable bonds is 3. The summed E-state index contributed by atoms with van der Waals surface area (Å²) in [4.78, 5) is 33.9. The minimum Gasteiger partial charge on any atom is -0.329 e. The number of H-pyrrole nitrogens is 1. The number of benzene rings is 2. The standard InChI is InChI=1S/C20H14N6OS/c27-20-13-8-4-5-9-14(13)25-19(26(20)12-6-2-1-3-7-12)17(28)15-16-18(23-10-21-15)24-11-22-16/h1-11,17,28H,(H,21,22,23,24). The third-order valence-corrected chi connectivity index (χ3v) is 5.04. The third kappa shape index (κ3) is 2.57. The maximum Gasteiger partial charge on any atom is 0.266 e. The molecule has 1 unspecified atom stereocenters. The van der Waals surface area contributed by atoms with E-state index in [1.165, 1.54) is 6.33 Å². The van der Waals surface area contributed by atoms with Crippen LogP contribution in [0.15, 0.2) is 72.0 Å². The SMILES string of the molecule is O=c1c2ccccc2nc(C(S)c2ncnc3[nH]cnc23)n1-c1ccccc1. The highest BCUT2D eigenvalue weighted by atomic mass is 32.1. The van der Waals surface area contributed by atoms with Gasteiger partial charge in [-0.2, -0.15) is 12.6 Å². The molecular weight excluding hydrogens is 372 g/mol. The van der Waals surface area contributed by atoms with Gasteiger partial charge in [-0.25, -0.2) is 19.9 Å². The van der Waals surface area contributed by atoms with E-state index >= 15 is 0 Å². The van der Waals surface area contributed by atoms with Gasteiger partial charge in [0.15, 0.2) is 5.65 Å². The Morgan fingerprint density at radius 1 is 0.964 bits per heavy atom. The molecular formula is C20H14N6OS. The molecule has 3 aromatic heterocycles. The fraction of sp³-hybridized carbons (Fsp3) is 0.0500. The number of fused-ring (bicyclic) bond motifs is 2. The largest absolute Gasteiger partial charge is 0.329 e. The smallest absolute Gasteiger partial charge is 0.266 e. The normalized spacial score (nSPS) is 12.5. The van der Waals surface area contributed by atoms with Crippen LogP contribution in [0.3, 0.4) is 0 Å². The lowest BCUT2D eigenvalue weighted by atomic mass is 10.2. The van der Waals surface area contributed by atoms with Gasteiger partial charge in [-0.15, -0.1) is 0 Å². The molecule has 0 fully saturated rings. The number of thiol groups is 1.